The van der Waals surface area contributed by atoms with E-state index in [0.717, 1.165) is 105 Å². The first-order valence-corrected chi connectivity index (χ1v) is 21.4. The Bertz CT molecular complexity index is 4210. The van der Waals surface area contributed by atoms with Crippen molar-refractivity contribution >= 4 is 87.5 Å². The van der Waals surface area contributed by atoms with Crippen LogP contribution in [0.4, 0.5) is 0 Å². The van der Waals surface area contributed by atoms with Gasteiger partial charge in [0.1, 0.15) is 22.3 Å². The predicted molar refractivity (Wildman–Crippen MR) is 259 cm³/mol. The molecule has 0 unspecified atom stereocenters. The van der Waals surface area contributed by atoms with E-state index in [0.29, 0.717) is 17.5 Å². The Labute approximate surface area is 364 Å². The number of furan rings is 2. The number of hydrogen-bond acceptors (Lipinski definition) is 5. The zero-order valence-electron chi connectivity index (χ0n) is 34.1. The van der Waals surface area contributed by atoms with Gasteiger partial charge in [-0.3, -0.25) is 0 Å². The third kappa shape index (κ3) is 5.00. The molecule has 0 saturated heterocycles. The maximum Gasteiger partial charge on any atom is 0.167 e. The fourth-order valence-electron chi connectivity index (χ4n) is 10.0. The summed E-state index contributed by atoms with van der Waals surface area (Å²) in [5.41, 5.74) is 12.2. The maximum atomic E-state index is 6.61. The van der Waals surface area contributed by atoms with Crippen molar-refractivity contribution < 1.29 is 8.83 Å². The molecular weight excluding hydrogens is 787 g/mol. The van der Waals surface area contributed by atoms with Gasteiger partial charge in [-0.25, -0.2) is 15.0 Å². The van der Waals surface area contributed by atoms with Gasteiger partial charge >= 0.3 is 0 Å². The van der Waals surface area contributed by atoms with E-state index in [2.05, 4.69) is 155 Å². The minimum Gasteiger partial charge on any atom is -0.456 e. The molecule has 0 amide bonds. The largest absolute Gasteiger partial charge is 0.456 e. The van der Waals surface area contributed by atoms with E-state index in [4.69, 9.17) is 23.8 Å². The van der Waals surface area contributed by atoms with E-state index in [1.54, 1.807) is 0 Å². The van der Waals surface area contributed by atoms with Crippen LogP contribution in [0.3, 0.4) is 0 Å². The second kappa shape index (κ2) is 13.3. The Balaban J connectivity index is 1.09. The van der Waals surface area contributed by atoms with E-state index >= 15 is 0 Å². The molecule has 298 valence electrons. The van der Waals surface area contributed by atoms with E-state index < -0.39 is 0 Å². The van der Waals surface area contributed by atoms with Gasteiger partial charge in [0.25, 0.3) is 0 Å². The van der Waals surface area contributed by atoms with Gasteiger partial charge in [-0.05, 0) is 72.8 Å². The highest BCUT2D eigenvalue weighted by Gasteiger charge is 2.24. The molecule has 14 aromatic rings. The molecule has 0 bridgehead atoms. The van der Waals surface area contributed by atoms with Crippen LogP contribution >= 0.6 is 0 Å². The van der Waals surface area contributed by atoms with Gasteiger partial charge in [-0.2, -0.15) is 0 Å². The predicted octanol–water partition coefficient (Wildman–Crippen LogP) is 14.9. The molecule has 0 saturated carbocycles. The van der Waals surface area contributed by atoms with Gasteiger partial charge < -0.3 is 18.0 Å². The zero-order chi connectivity index (χ0) is 41.9. The summed E-state index contributed by atoms with van der Waals surface area (Å²) in [7, 11) is 0. The van der Waals surface area contributed by atoms with Crippen molar-refractivity contribution in [2.45, 2.75) is 0 Å². The highest BCUT2D eigenvalue weighted by Crippen LogP contribution is 2.43. The molecular formula is C57H33N5O2. The summed E-state index contributed by atoms with van der Waals surface area (Å²) in [6.07, 6.45) is 0. The number of rotatable bonds is 5. The summed E-state index contributed by atoms with van der Waals surface area (Å²) in [5.74, 6) is 1.62. The Morgan fingerprint density at radius 1 is 0.328 bits per heavy atom. The third-order valence-electron chi connectivity index (χ3n) is 12.8. The third-order valence-corrected chi connectivity index (χ3v) is 12.8. The molecule has 0 atom stereocenters. The molecule has 0 aliphatic carbocycles. The average molecular weight is 820 g/mol. The molecule has 7 nitrogen and oxygen atoms in total. The quantitative estimate of drug-likeness (QED) is 0.173. The van der Waals surface area contributed by atoms with Gasteiger partial charge in [-0.1, -0.05) is 127 Å². The van der Waals surface area contributed by atoms with Crippen LogP contribution in [0.1, 0.15) is 0 Å². The number of aromatic nitrogens is 5. The Kier molecular flexibility index (Phi) is 7.27. The summed E-state index contributed by atoms with van der Waals surface area (Å²) in [6.45, 7) is 0. The number of para-hydroxylation sites is 8. The molecule has 0 aliphatic heterocycles. The van der Waals surface area contributed by atoms with Gasteiger partial charge in [-0.15, -0.1) is 0 Å². The van der Waals surface area contributed by atoms with Crippen molar-refractivity contribution in [1.82, 2.24) is 24.1 Å². The normalized spacial score (nSPS) is 12.1. The van der Waals surface area contributed by atoms with Crippen LogP contribution in [-0.2, 0) is 0 Å². The minimum atomic E-state index is 0.521. The van der Waals surface area contributed by atoms with Gasteiger partial charge in [0.2, 0.25) is 0 Å². The summed E-state index contributed by atoms with van der Waals surface area (Å²) in [6, 6.07) is 69.7. The Hall–Kier alpha value is -8.81. The van der Waals surface area contributed by atoms with E-state index in [-0.39, 0.29) is 0 Å². The molecule has 5 aromatic heterocycles. The van der Waals surface area contributed by atoms with Crippen molar-refractivity contribution in [2.75, 3.05) is 0 Å². The first kappa shape index (κ1) is 34.9. The lowest BCUT2D eigenvalue weighted by atomic mass is 10.1. The Morgan fingerprint density at radius 3 is 1.62 bits per heavy atom. The Morgan fingerprint density at radius 2 is 0.859 bits per heavy atom. The zero-order valence-corrected chi connectivity index (χ0v) is 34.1. The topological polar surface area (TPSA) is 74.8 Å². The summed E-state index contributed by atoms with van der Waals surface area (Å²) in [4.78, 5) is 16.1. The molecule has 0 aliphatic rings. The number of fused-ring (bicyclic) bond motifs is 12. The fourth-order valence-corrected chi connectivity index (χ4v) is 10.0. The molecule has 14 rings (SSSR count). The van der Waals surface area contributed by atoms with Gasteiger partial charge in [0.15, 0.2) is 17.5 Å². The second-order valence-electron chi connectivity index (χ2n) is 16.3. The van der Waals surface area contributed by atoms with Crippen LogP contribution in [0.2, 0.25) is 0 Å². The van der Waals surface area contributed by atoms with Crippen LogP contribution in [0.25, 0.3) is 133 Å². The van der Waals surface area contributed by atoms with E-state index in [1.807, 2.05) is 54.6 Å². The first-order valence-electron chi connectivity index (χ1n) is 21.4. The molecule has 0 fully saturated rings. The molecule has 0 spiro atoms. The maximum absolute atomic E-state index is 6.61. The van der Waals surface area contributed by atoms with Crippen molar-refractivity contribution in [1.29, 1.82) is 0 Å². The minimum absolute atomic E-state index is 0.521. The second-order valence-corrected chi connectivity index (χ2v) is 16.3. The number of hydrogen-bond donors (Lipinski definition) is 0. The number of nitrogens with zero attached hydrogens (tertiary/aromatic N) is 5. The van der Waals surface area contributed by atoms with Gasteiger partial charge in [0, 0.05) is 59.9 Å². The van der Waals surface area contributed by atoms with Crippen LogP contribution in [0.5, 0.6) is 0 Å². The van der Waals surface area contributed by atoms with Crippen molar-refractivity contribution in [3.8, 4) is 45.5 Å². The first-order chi connectivity index (χ1) is 31.7. The molecule has 0 N–H and O–H groups in total. The van der Waals surface area contributed by atoms with Crippen LogP contribution in [0.15, 0.2) is 209 Å². The van der Waals surface area contributed by atoms with Crippen molar-refractivity contribution in [3.63, 3.8) is 0 Å². The summed E-state index contributed by atoms with van der Waals surface area (Å²) >= 11 is 0. The lowest BCUT2D eigenvalue weighted by molar-refractivity contribution is 0.669. The molecule has 64 heavy (non-hydrogen) atoms. The molecule has 5 heterocycles. The van der Waals surface area contributed by atoms with E-state index in [1.165, 1.54) is 10.8 Å². The van der Waals surface area contributed by atoms with Crippen LogP contribution in [0, 0.1) is 0 Å². The number of benzene rings is 9. The monoisotopic (exact) mass is 819 g/mol. The highest BCUT2D eigenvalue weighted by molar-refractivity contribution is 6.17. The average Bonchev–Trinajstić information content (AvgIpc) is 4.12. The fraction of sp³-hybridized carbons (Fsp3) is 0. The van der Waals surface area contributed by atoms with Crippen molar-refractivity contribution in [3.05, 3.63) is 200 Å². The standard InChI is InChI=1S/C57H33N5O2/c1-2-15-35(16-3-1)61-46-26-8-4-18-37(46)41-22-14-28-48(53(41)61)62-47-27-9-5-17-36(47)40-21-12-24-43(52(40)62)56-58-55(34-31-32-51-45(33-34)39-20-7-10-29-49(39)63-51)59-57(60-56)44-25-13-23-42-38-19-6-11-30-50(38)64-54(42)44/h1-33H. The SMILES string of the molecule is c1ccc(-n2c3ccccc3c3cccc(-n4c5ccccc5c5cccc(-c6nc(-c7ccc8oc9ccccc9c8c7)nc(-c7cccc8c7oc7ccccc78)n6)c54)c32)cc1. The van der Waals surface area contributed by atoms with E-state index in [9.17, 15) is 0 Å². The lowest BCUT2D eigenvalue weighted by Crippen LogP contribution is -2.03. The molecule has 0 radical (unpaired) electrons. The lowest BCUT2D eigenvalue weighted by Gasteiger charge is -2.16. The van der Waals surface area contributed by atoms with Gasteiger partial charge in [0.05, 0.1) is 33.3 Å². The highest BCUT2D eigenvalue weighted by atomic mass is 16.3. The smallest absolute Gasteiger partial charge is 0.167 e. The molecule has 7 heteroatoms. The molecule has 9 aromatic carbocycles. The van der Waals surface area contributed by atoms with Crippen LogP contribution < -0.4 is 0 Å². The van der Waals surface area contributed by atoms with Crippen LogP contribution in [-0.4, -0.2) is 24.1 Å². The van der Waals surface area contributed by atoms with Crippen molar-refractivity contribution in [2.24, 2.45) is 0 Å². The summed E-state index contributed by atoms with van der Waals surface area (Å²) < 4.78 is 17.7. The summed E-state index contributed by atoms with van der Waals surface area (Å²) in [5, 5.41) is 8.69.